The first kappa shape index (κ1) is 36.6. The average molecular weight is 701 g/mol. The fourth-order valence-electron chi connectivity index (χ4n) is 15.1. The number of fused-ring (bicyclic) bond motifs is 4. The normalized spacial score (nSPS) is 51.3. The monoisotopic (exact) mass is 701 g/mol. The van der Waals surface area contributed by atoms with Crippen molar-refractivity contribution in [3.8, 4) is 0 Å². The fraction of sp³-hybridized carbons (Fsp3) is 1.00. The van der Waals surface area contributed by atoms with Gasteiger partial charge in [0.15, 0.2) is 6.29 Å². The lowest BCUT2D eigenvalue weighted by Crippen LogP contribution is -2.60. The molecule has 3 aliphatic heterocycles. The summed E-state index contributed by atoms with van der Waals surface area (Å²) in [6, 6.07) is 0.537. The van der Waals surface area contributed by atoms with Gasteiger partial charge < -0.3 is 34.1 Å². The molecular formula is C42H72N2O6. The molecule has 50 heavy (non-hydrogen) atoms. The van der Waals surface area contributed by atoms with E-state index in [0.717, 1.165) is 39.1 Å². The van der Waals surface area contributed by atoms with E-state index in [2.05, 4.69) is 51.3 Å². The highest BCUT2D eigenvalue weighted by molar-refractivity contribution is 5.33. The van der Waals surface area contributed by atoms with Gasteiger partial charge in [-0.15, -0.1) is 0 Å². The zero-order valence-corrected chi connectivity index (χ0v) is 33.1. The van der Waals surface area contributed by atoms with Crippen molar-refractivity contribution in [1.82, 2.24) is 9.80 Å². The highest BCUT2D eigenvalue weighted by Crippen LogP contribution is 2.89. The second kappa shape index (κ2) is 12.3. The molecule has 2 N–H and O–H groups in total. The third kappa shape index (κ3) is 5.10. The molecule has 5 saturated carbocycles. The van der Waals surface area contributed by atoms with Crippen LogP contribution < -0.4 is 0 Å². The van der Waals surface area contributed by atoms with Crippen molar-refractivity contribution in [3.05, 3.63) is 0 Å². The first-order valence-corrected chi connectivity index (χ1v) is 20.9. The predicted octanol–water partition coefficient (Wildman–Crippen LogP) is 6.11. The van der Waals surface area contributed by atoms with Crippen LogP contribution in [0.3, 0.4) is 0 Å². The molecule has 8 heteroatoms. The van der Waals surface area contributed by atoms with Gasteiger partial charge in [-0.3, -0.25) is 4.90 Å². The van der Waals surface area contributed by atoms with Crippen molar-refractivity contribution < 1.29 is 29.2 Å². The van der Waals surface area contributed by atoms with Gasteiger partial charge >= 0.3 is 0 Å². The molecule has 8 nitrogen and oxygen atoms in total. The van der Waals surface area contributed by atoms with E-state index in [4.69, 9.17) is 18.9 Å². The highest BCUT2D eigenvalue weighted by atomic mass is 16.7. The molecule has 8 fully saturated rings. The molecule has 0 aromatic rings. The molecule has 8 rings (SSSR count). The van der Waals surface area contributed by atoms with Crippen LogP contribution >= 0.6 is 0 Å². The van der Waals surface area contributed by atoms with Crippen LogP contribution in [0.15, 0.2) is 0 Å². The summed E-state index contributed by atoms with van der Waals surface area (Å²) in [6.07, 6.45) is 9.50. The number of hydrogen-bond acceptors (Lipinski definition) is 8. The van der Waals surface area contributed by atoms with Gasteiger partial charge in [0.1, 0.15) is 6.10 Å². The molecule has 286 valence electrons. The fourth-order valence-corrected chi connectivity index (χ4v) is 15.1. The van der Waals surface area contributed by atoms with Crippen LogP contribution in [0.5, 0.6) is 0 Å². The molecule has 15 atom stereocenters. The van der Waals surface area contributed by atoms with E-state index in [9.17, 15) is 10.2 Å². The van der Waals surface area contributed by atoms with Gasteiger partial charge in [-0.1, -0.05) is 34.6 Å². The molecular weight excluding hydrogens is 628 g/mol. The number of nitrogens with zero attached hydrogens (tertiary/aromatic N) is 2. The Morgan fingerprint density at radius 1 is 0.980 bits per heavy atom. The molecule has 0 amide bonds. The average Bonchev–Trinajstić information content (AvgIpc) is 3.67. The van der Waals surface area contributed by atoms with Gasteiger partial charge in [-0.2, -0.15) is 0 Å². The minimum absolute atomic E-state index is 0.0245. The van der Waals surface area contributed by atoms with Gasteiger partial charge in [-0.05, 0) is 144 Å². The van der Waals surface area contributed by atoms with Crippen molar-refractivity contribution in [2.24, 2.45) is 50.7 Å². The highest BCUT2D eigenvalue weighted by Gasteiger charge is 2.84. The Balaban J connectivity index is 0.993. The Kier molecular flexibility index (Phi) is 9.05. The lowest BCUT2D eigenvalue weighted by molar-refractivity contribution is -0.251. The van der Waals surface area contributed by atoms with Crippen molar-refractivity contribution in [2.45, 2.75) is 169 Å². The zero-order chi connectivity index (χ0) is 35.6. The number of aliphatic hydroxyl groups excluding tert-OH is 1. The summed E-state index contributed by atoms with van der Waals surface area (Å²) < 4.78 is 26.5. The lowest BCUT2D eigenvalue weighted by Gasteiger charge is -2.64. The van der Waals surface area contributed by atoms with Crippen LogP contribution in [0.2, 0.25) is 0 Å². The van der Waals surface area contributed by atoms with Crippen LogP contribution in [-0.2, 0) is 18.9 Å². The standard InChI is InChI=1S/C42H72N2O6/c1-10-47-36(38(6,7)46)28-22-26(2)33-34(49-28)35(45)40(9)30-13-12-29-37(4,5)31(14-15-41(29)25-42(30,41)17-16-39(33,40)8)50-32-24-44(20-21-48-32)27(3)23-43-18-11-19-43/h26-36,45-46H,10-25H2,1-9H3/t26-,27+,28-,29+,30+,31+,32+,33+,34+,35+,36+,39-,40-,41?,42+/m1/s1. The minimum Gasteiger partial charge on any atom is -0.390 e. The van der Waals surface area contributed by atoms with E-state index in [0.29, 0.717) is 47.2 Å². The Labute approximate surface area is 303 Å². The zero-order valence-electron chi connectivity index (χ0n) is 33.1. The van der Waals surface area contributed by atoms with Crippen LogP contribution in [0.4, 0.5) is 0 Å². The maximum absolute atomic E-state index is 12.6. The third-order valence-corrected chi connectivity index (χ3v) is 17.6. The Morgan fingerprint density at radius 2 is 1.70 bits per heavy atom. The van der Waals surface area contributed by atoms with Gasteiger partial charge in [-0.25, -0.2) is 0 Å². The summed E-state index contributed by atoms with van der Waals surface area (Å²) in [5.74, 6) is 1.86. The van der Waals surface area contributed by atoms with Crippen molar-refractivity contribution in [1.29, 1.82) is 0 Å². The van der Waals surface area contributed by atoms with E-state index in [-0.39, 0.29) is 40.8 Å². The summed E-state index contributed by atoms with van der Waals surface area (Å²) >= 11 is 0. The van der Waals surface area contributed by atoms with Gasteiger partial charge in [0.05, 0.1) is 36.6 Å². The largest absolute Gasteiger partial charge is 0.390 e. The number of aliphatic hydroxyl groups is 2. The predicted molar refractivity (Wildman–Crippen MR) is 195 cm³/mol. The van der Waals surface area contributed by atoms with Crippen LogP contribution in [-0.4, -0.2) is 114 Å². The van der Waals surface area contributed by atoms with E-state index in [1.165, 1.54) is 58.0 Å². The summed E-state index contributed by atoms with van der Waals surface area (Å²) in [4.78, 5) is 5.18. The number of likely N-dealkylation sites (tertiary alicyclic amines) is 1. The molecule has 0 aromatic carbocycles. The van der Waals surface area contributed by atoms with E-state index in [1.54, 1.807) is 0 Å². The topological polar surface area (TPSA) is 83.9 Å². The van der Waals surface area contributed by atoms with Crippen molar-refractivity contribution >= 4 is 0 Å². The SMILES string of the molecule is CCO[C@@H]([C@H]1C[C@@H](C)[C@H]2[C@H](O1)[C@H](O)[C@@]1(C)[C@@H]3CC[C@H]4C(C)(C)[C@@H](O[C@H]5CN([C@@H](C)CN6CCC6)CCO5)CCC45C[C@@]35CC[C@]21C)C(C)(C)O. The molecule has 3 heterocycles. The van der Waals surface area contributed by atoms with Crippen molar-refractivity contribution in [2.75, 3.05) is 45.9 Å². The van der Waals surface area contributed by atoms with Gasteiger partial charge in [0.2, 0.25) is 0 Å². The molecule has 8 aliphatic rings. The van der Waals surface area contributed by atoms with E-state index < -0.39 is 17.8 Å². The minimum atomic E-state index is -1.01. The number of rotatable bonds is 9. The second-order valence-electron chi connectivity index (χ2n) is 20.5. The Hall–Kier alpha value is -0.320. The summed E-state index contributed by atoms with van der Waals surface area (Å²) in [6.45, 7) is 27.3. The van der Waals surface area contributed by atoms with E-state index >= 15 is 0 Å². The molecule has 0 radical (unpaired) electrons. The van der Waals surface area contributed by atoms with Gasteiger partial charge in [0, 0.05) is 37.7 Å². The smallest absolute Gasteiger partial charge is 0.170 e. The molecule has 1 unspecified atom stereocenters. The van der Waals surface area contributed by atoms with Crippen LogP contribution in [0, 0.1) is 50.7 Å². The van der Waals surface area contributed by atoms with Crippen molar-refractivity contribution in [3.63, 3.8) is 0 Å². The third-order valence-electron chi connectivity index (χ3n) is 17.6. The molecule has 5 aliphatic carbocycles. The van der Waals surface area contributed by atoms with Crippen LogP contribution in [0.1, 0.15) is 120 Å². The summed E-state index contributed by atoms with van der Waals surface area (Å²) in [5.41, 5.74) is -0.423. The molecule has 3 saturated heterocycles. The Morgan fingerprint density at radius 3 is 2.38 bits per heavy atom. The van der Waals surface area contributed by atoms with E-state index in [1.807, 2.05) is 20.8 Å². The molecule has 0 bridgehead atoms. The Bertz CT molecular complexity index is 1270. The first-order chi connectivity index (χ1) is 23.5. The summed E-state index contributed by atoms with van der Waals surface area (Å²) in [7, 11) is 0. The lowest BCUT2D eigenvalue weighted by atomic mass is 9.41. The van der Waals surface area contributed by atoms with Gasteiger partial charge in [0.25, 0.3) is 0 Å². The number of ether oxygens (including phenoxy) is 4. The maximum Gasteiger partial charge on any atom is 0.170 e. The molecule has 0 aromatic heterocycles. The molecule has 2 spiro atoms. The maximum atomic E-state index is 12.6. The summed E-state index contributed by atoms with van der Waals surface area (Å²) in [5, 5.41) is 23.7. The number of hydrogen-bond donors (Lipinski definition) is 2. The van der Waals surface area contributed by atoms with Crippen LogP contribution in [0.25, 0.3) is 0 Å². The first-order valence-electron chi connectivity index (χ1n) is 20.9. The number of morpholine rings is 1. The quantitative estimate of drug-likeness (QED) is 0.298. The second-order valence-corrected chi connectivity index (χ2v) is 20.5.